The third-order valence-corrected chi connectivity index (χ3v) is 5.59. The van der Waals surface area contributed by atoms with E-state index in [0.29, 0.717) is 24.6 Å². The van der Waals surface area contributed by atoms with Crippen LogP contribution in [-0.2, 0) is 11.2 Å². The van der Waals surface area contributed by atoms with Crippen LogP contribution in [0.15, 0.2) is 30.5 Å². The number of ether oxygens (including phenoxy) is 1. The first-order chi connectivity index (χ1) is 13.3. The maximum atomic E-state index is 12.2. The SMILES string of the molecule is O=C(CCN1CCSC1=O)Nc1ncc(Cc2ccc(OC(F)(F)F)cc2)s1. The molecule has 1 saturated heterocycles. The van der Waals surface area contributed by atoms with E-state index in [1.54, 1.807) is 23.2 Å². The largest absolute Gasteiger partial charge is 0.573 e. The Labute approximate surface area is 167 Å². The van der Waals surface area contributed by atoms with Gasteiger partial charge in [0.15, 0.2) is 5.13 Å². The number of benzene rings is 1. The molecule has 1 aliphatic heterocycles. The zero-order valence-electron chi connectivity index (χ0n) is 14.5. The predicted octanol–water partition coefficient (Wildman–Crippen LogP) is 4.13. The minimum Gasteiger partial charge on any atom is -0.406 e. The Bertz CT molecular complexity index is 840. The number of hydrogen-bond donors (Lipinski definition) is 1. The second-order valence-corrected chi connectivity index (χ2v) is 8.06. The van der Waals surface area contributed by atoms with Gasteiger partial charge in [-0.25, -0.2) is 4.98 Å². The van der Waals surface area contributed by atoms with Crippen LogP contribution < -0.4 is 10.1 Å². The number of aromatic nitrogens is 1. The summed E-state index contributed by atoms with van der Waals surface area (Å²) in [6.07, 6.45) is -2.44. The Kier molecular flexibility index (Phi) is 6.45. The molecular weight excluding hydrogens is 415 g/mol. The minimum atomic E-state index is -4.72. The van der Waals surface area contributed by atoms with Gasteiger partial charge in [-0.05, 0) is 17.7 Å². The van der Waals surface area contributed by atoms with E-state index in [-0.39, 0.29) is 23.3 Å². The number of carbonyl (C=O) groups is 2. The zero-order chi connectivity index (χ0) is 20.1. The number of thiazole rings is 1. The number of thioether (sulfide) groups is 1. The standard InChI is InChI=1S/C17H16F3N3O3S2/c18-17(19,20)26-12-3-1-11(2-4-12)9-13-10-21-15(28-13)22-14(24)5-6-23-7-8-27-16(23)25/h1-4,10H,5-9H2,(H,21,22,24). The molecule has 28 heavy (non-hydrogen) atoms. The number of carbonyl (C=O) groups excluding carboxylic acids is 2. The first-order valence-corrected chi connectivity index (χ1v) is 10.1. The molecule has 0 saturated carbocycles. The Hall–Kier alpha value is -2.27. The molecule has 0 radical (unpaired) electrons. The highest BCUT2D eigenvalue weighted by Gasteiger charge is 2.31. The van der Waals surface area contributed by atoms with Gasteiger partial charge in [-0.15, -0.1) is 24.5 Å². The summed E-state index contributed by atoms with van der Waals surface area (Å²) in [5.74, 6) is 0.252. The molecule has 0 spiro atoms. The van der Waals surface area contributed by atoms with Crippen LogP contribution in [0.3, 0.4) is 0 Å². The lowest BCUT2D eigenvalue weighted by atomic mass is 10.1. The molecule has 0 bridgehead atoms. The maximum absolute atomic E-state index is 12.2. The molecule has 0 aliphatic carbocycles. The molecule has 2 aromatic rings. The Morgan fingerprint density at radius 1 is 1.29 bits per heavy atom. The van der Waals surface area contributed by atoms with Crippen LogP contribution in [0.5, 0.6) is 5.75 Å². The van der Waals surface area contributed by atoms with Crippen molar-refractivity contribution in [3.63, 3.8) is 0 Å². The van der Waals surface area contributed by atoms with Crippen LogP contribution >= 0.6 is 23.1 Å². The fourth-order valence-electron chi connectivity index (χ4n) is 2.50. The van der Waals surface area contributed by atoms with Gasteiger partial charge >= 0.3 is 6.36 Å². The summed E-state index contributed by atoms with van der Waals surface area (Å²) in [4.78, 5) is 30.1. The fourth-order valence-corrected chi connectivity index (χ4v) is 4.22. The Morgan fingerprint density at radius 3 is 2.68 bits per heavy atom. The molecule has 3 rings (SSSR count). The molecule has 2 heterocycles. The molecule has 1 aromatic carbocycles. The van der Waals surface area contributed by atoms with Crippen molar-refractivity contribution in [2.45, 2.75) is 19.2 Å². The summed E-state index contributed by atoms with van der Waals surface area (Å²) in [6, 6.07) is 5.60. The van der Waals surface area contributed by atoms with Gasteiger partial charge in [0.25, 0.3) is 5.24 Å². The average Bonchev–Trinajstić information content (AvgIpc) is 3.22. The van der Waals surface area contributed by atoms with Gasteiger partial charge < -0.3 is 15.0 Å². The van der Waals surface area contributed by atoms with E-state index in [1.807, 2.05) is 0 Å². The number of amides is 2. The summed E-state index contributed by atoms with van der Waals surface area (Å²) < 4.78 is 40.4. The highest BCUT2D eigenvalue weighted by molar-refractivity contribution is 8.13. The number of nitrogens with zero attached hydrogens (tertiary/aromatic N) is 2. The van der Waals surface area contributed by atoms with E-state index in [4.69, 9.17) is 0 Å². The third-order valence-electron chi connectivity index (χ3n) is 3.79. The maximum Gasteiger partial charge on any atom is 0.573 e. The molecule has 150 valence electrons. The van der Waals surface area contributed by atoms with Gasteiger partial charge in [-0.2, -0.15) is 0 Å². The van der Waals surface area contributed by atoms with E-state index in [1.165, 1.54) is 35.2 Å². The van der Waals surface area contributed by atoms with Crippen molar-refractivity contribution >= 4 is 39.4 Å². The Balaban J connectivity index is 1.48. The van der Waals surface area contributed by atoms with Crippen molar-refractivity contribution in [1.82, 2.24) is 9.88 Å². The summed E-state index contributed by atoms with van der Waals surface area (Å²) in [6.45, 7) is 1.03. The third kappa shape index (κ3) is 6.13. The number of rotatable bonds is 7. The van der Waals surface area contributed by atoms with Crippen molar-refractivity contribution in [1.29, 1.82) is 0 Å². The van der Waals surface area contributed by atoms with Crippen LogP contribution in [0.25, 0.3) is 0 Å². The minimum absolute atomic E-state index is 0.00372. The lowest BCUT2D eigenvalue weighted by molar-refractivity contribution is -0.274. The highest BCUT2D eigenvalue weighted by atomic mass is 32.2. The van der Waals surface area contributed by atoms with Crippen molar-refractivity contribution in [3.05, 3.63) is 40.9 Å². The van der Waals surface area contributed by atoms with Gasteiger partial charge in [-0.1, -0.05) is 23.9 Å². The van der Waals surface area contributed by atoms with E-state index in [0.717, 1.165) is 16.2 Å². The molecule has 11 heteroatoms. The molecule has 1 aromatic heterocycles. The quantitative estimate of drug-likeness (QED) is 0.714. The molecule has 1 fully saturated rings. The average molecular weight is 431 g/mol. The van der Waals surface area contributed by atoms with Crippen LogP contribution in [0.4, 0.5) is 23.1 Å². The summed E-state index contributed by atoms with van der Waals surface area (Å²) >= 11 is 2.54. The number of hydrogen-bond acceptors (Lipinski definition) is 6. The number of nitrogens with one attached hydrogen (secondary N) is 1. The number of anilines is 1. The summed E-state index contributed by atoms with van der Waals surface area (Å²) in [5, 5.41) is 3.14. The molecule has 1 N–H and O–H groups in total. The van der Waals surface area contributed by atoms with E-state index in [9.17, 15) is 22.8 Å². The van der Waals surface area contributed by atoms with E-state index in [2.05, 4.69) is 15.0 Å². The van der Waals surface area contributed by atoms with E-state index < -0.39 is 6.36 Å². The lowest BCUT2D eigenvalue weighted by Gasteiger charge is -2.13. The van der Waals surface area contributed by atoms with Crippen molar-refractivity contribution in [3.8, 4) is 5.75 Å². The van der Waals surface area contributed by atoms with Crippen LogP contribution in [0, 0.1) is 0 Å². The summed E-state index contributed by atoms with van der Waals surface area (Å²) in [5.41, 5.74) is 0.793. The van der Waals surface area contributed by atoms with Crippen molar-refractivity contribution in [2.24, 2.45) is 0 Å². The van der Waals surface area contributed by atoms with Gasteiger partial charge in [0.05, 0.1) is 0 Å². The smallest absolute Gasteiger partial charge is 0.406 e. The fraction of sp³-hybridized carbons (Fsp3) is 0.353. The molecule has 6 nitrogen and oxygen atoms in total. The normalized spacial score (nSPS) is 14.4. The second-order valence-electron chi connectivity index (χ2n) is 5.90. The van der Waals surface area contributed by atoms with Gasteiger partial charge in [0, 0.05) is 42.8 Å². The highest BCUT2D eigenvalue weighted by Crippen LogP contribution is 2.25. The molecule has 0 unspecified atom stereocenters. The lowest BCUT2D eigenvalue weighted by Crippen LogP contribution is -2.27. The Morgan fingerprint density at radius 2 is 2.04 bits per heavy atom. The zero-order valence-corrected chi connectivity index (χ0v) is 16.1. The van der Waals surface area contributed by atoms with Crippen molar-refractivity contribution < 1.29 is 27.5 Å². The van der Waals surface area contributed by atoms with Crippen LogP contribution in [-0.4, -0.2) is 46.2 Å². The molecule has 1 aliphatic rings. The van der Waals surface area contributed by atoms with Gasteiger partial charge in [0.1, 0.15) is 5.75 Å². The summed E-state index contributed by atoms with van der Waals surface area (Å²) in [7, 11) is 0. The first kappa shape index (κ1) is 20.5. The predicted molar refractivity (Wildman–Crippen MR) is 101 cm³/mol. The topological polar surface area (TPSA) is 71.5 Å². The van der Waals surface area contributed by atoms with Gasteiger partial charge in [0.2, 0.25) is 5.91 Å². The molecule has 0 atom stereocenters. The number of alkyl halides is 3. The molecule has 2 amide bonds. The second kappa shape index (κ2) is 8.82. The van der Waals surface area contributed by atoms with E-state index >= 15 is 0 Å². The van der Waals surface area contributed by atoms with Crippen LogP contribution in [0.2, 0.25) is 0 Å². The van der Waals surface area contributed by atoms with Gasteiger partial charge in [-0.3, -0.25) is 9.59 Å². The first-order valence-electron chi connectivity index (χ1n) is 8.29. The monoisotopic (exact) mass is 431 g/mol. The number of halogens is 3. The molecular formula is C17H16F3N3O3S2. The van der Waals surface area contributed by atoms with Crippen molar-refractivity contribution in [2.75, 3.05) is 24.2 Å². The van der Waals surface area contributed by atoms with Crippen LogP contribution in [0.1, 0.15) is 16.9 Å².